The summed E-state index contributed by atoms with van der Waals surface area (Å²) in [7, 11) is 1.61. The number of carbonyl (C=O) groups is 1. The molecule has 0 saturated carbocycles. The molecule has 0 aliphatic carbocycles. The Hall–Kier alpha value is -1.18. The smallest absolute Gasteiger partial charge is 0.311 e. The highest BCUT2D eigenvalue weighted by Crippen LogP contribution is 2.41. The van der Waals surface area contributed by atoms with Crippen LogP contribution < -0.4 is 4.74 Å². The number of esters is 1. The monoisotopic (exact) mass is 457 g/mol. The zero-order valence-corrected chi connectivity index (χ0v) is 19.6. The number of hydrogen-bond donors (Lipinski definition) is 0. The maximum atomic E-state index is 12.3. The molecule has 27 heavy (non-hydrogen) atoms. The van der Waals surface area contributed by atoms with Crippen LogP contribution in [0.5, 0.6) is 5.19 Å². The highest BCUT2D eigenvalue weighted by molar-refractivity contribution is 9.10. The number of thiazole rings is 1. The van der Waals surface area contributed by atoms with Gasteiger partial charge in [-0.15, -0.1) is 0 Å². The summed E-state index contributed by atoms with van der Waals surface area (Å²) < 4.78 is 19.0. The van der Waals surface area contributed by atoms with Gasteiger partial charge in [-0.1, -0.05) is 11.3 Å². The molecular weight excluding hydrogens is 430 g/mol. The van der Waals surface area contributed by atoms with Gasteiger partial charge in [0, 0.05) is 10.0 Å². The molecule has 0 amide bonds. The summed E-state index contributed by atoms with van der Waals surface area (Å²) in [4.78, 5) is 16.8. The Morgan fingerprint density at radius 3 is 2.41 bits per heavy atom. The van der Waals surface area contributed by atoms with Gasteiger partial charge >= 0.3 is 5.97 Å². The fourth-order valence-corrected chi connectivity index (χ4v) is 4.42. The molecule has 0 N–H and O–H groups in total. The van der Waals surface area contributed by atoms with Gasteiger partial charge in [0.25, 0.3) is 5.19 Å². The number of hydrogen-bond acceptors (Lipinski definition) is 6. The Morgan fingerprint density at radius 1 is 1.26 bits per heavy atom. The maximum absolute atomic E-state index is 12.3. The van der Waals surface area contributed by atoms with Gasteiger partial charge in [0.1, 0.15) is 12.7 Å². The van der Waals surface area contributed by atoms with Crippen molar-refractivity contribution in [1.29, 1.82) is 0 Å². The van der Waals surface area contributed by atoms with Gasteiger partial charge in [0.2, 0.25) is 0 Å². The van der Waals surface area contributed by atoms with Crippen LogP contribution in [-0.2, 0) is 14.3 Å². The molecule has 5 nitrogen and oxygen atoms in total. The summed E-state index contributed by atoms with van der Waals surface area (Å²) in [5, 5.41) is 0.606. The first-order chi connectivity index (χ1) is 12.3. The molecule has 1 aromatic carbocycles. The van der Waals surface area contributed by atoms with Gasteiger partial charge in [-0.3, -0.25) is 4.79 Å². The SMILES string of the molecule is COc1nc2cc(C)c([C@H](COC(=O)C(C)(C)C)OC(C)(C)C)c(Br)c2s1. The molecule has 0 saturated heterocycles. The van der Waals surface area contributed by atoms with Crippen molar-refractivity contribution in [1.82, 2.24) is 4.98 Å². The van der Waals surface area contributed by atoms with E-state index in [1.165, 1.54) is 11.3 Å². The molecule has 0 aliphatic rings. The second kappa shape index (κ2) is 8.05. The molecule has 150 valence electrons. The van der Waals surface area contributed by atoms with Gasteiger partial charge in [-0.2, -0.15) is 0 Å². The largest absolute Gasteiger partial charge is 0.473 e. The second-order valence-electron chi connectivity index (χ2n) is 8.52. The lowest BCUT2D eigenvalue weighted by molar-refractivity contribution is -0.162. The third-order valence-electron chi connectivity index (χ3n) is 3.82. The van der Waals surface area contributed by atoms with E-state index in [9.17, 15) is 4.79 Å². The van der Waals surface area contributed by atoms with E-state index in [4.69, 9.17) is 14.2 Å². The Kier molecular flexibility index (Phi) is 6.59. The van der Waals surface area contributed by atoms with Crippen LogP contribution in [0.4, 0.5) is 0 Å². The number of carbonyl (C=O) groups excluding carboxylic acids is 1. The molecule has 1 atom stereocenters. The van der Waals surface area contributed by atoms with Crippen molar-refractivity contribution in [3.05, 3.63) is 21.7 Å². The Bertz CT molecular complexity index is 833. The number of benzene rings is 1. The van der Waals surface area contributed by atoms with Gasteiger partial charge in [-0.05, 0) is 76.0 Å². The third-order valence-corrected chi connectivity index (χ3v) is 5.95. The highest BCUT2D eigenvalue weighted by Gasteiger charge is 2.29. The van der Waals surface area contributed by atoms with Gasteiger partial charge in [-0.25, -0.2) is 4.98 Å². The van der Waals surface area contributed by atoms with E-state index in [1.54, 1.807) is 7.11 Å². The quantitative estimate of drug-likeness (QED) is 0.529. The molecule has 2 aromatic rings. The molecule has 7 heteroatoms. The molecule has 0 aliphatic heterocycles. The Balaban J connectivity index is 2.46. The molecule has 0 radical (unpaired) electrons. The van der Waals surface area contributed by atoms with Crippen LogP contribution in [0.1, 0.15) is 58.8 Å². The maximum Gasteiger partial charge on any atom is 0.311 e. The van der Waals surface area contributed by atoms with Crippen molar-refractivity contribution >= 4 is 43.5 Å². The van der Waals surface area contributed by atoms with Crippen LogP contribution in [0.15, 0.2) is 10.5 Å². The fourth-order valence-electron chi connectivity index (χ4n) is 2.60. The van der Waals surface area contributed by atoms with Crippen LogP contribution in [0, 0.1) is 12.3 Å². The summed E-state index contributed by atoms with van der Waals surface area (Å²) in [6, 6.07) is 2.01. The van der Waals surface area contributed by atoms with Crippen LogP contribution in [0.25, 0.3) is 10.2 Å². The standard InChI is InChI=1S/C20H28BrNO4S/c1-11-9-12-16(27-18(22-12)24-8)15(21)14(11)13(26-20(5,6)7)10-25-17(23)19(2,3)4/h9,13H,10H2,1-8H3/t13-/m0/s1. The number of fused-ring (bicyclic) bond motifs is 1. The number of aryl methyl sites for hydroxylation is 1. The van der Waals surface area contributed by atoms with Crippen LogP contribution in [0.3, 0.4) is 0 Å². The number of aromatic nitrogens is 1. The van der Waals surface area contributed by atoms with Crippen molar-refractivity contribution < 1.29 is 19.0 Å². The first-order valence-corrected chi connectivity index (χ1v) is 10.4. The second-order valence-corrected chi connectivity index (χ2v) is 10.3. The molecule has 0 bridgehead atoms. The van der Waals surface area contributed by atoms with Crippen LogP contribution in [-0.4, -0.2) is 30.3 Å². The minimum absolute atomic E-state index is 0.147. The first-order valence-electron chi connectivity index (χ1n) is 8.82. The van der Waals surface area contributed by atoms with Gasteiger partial charge < -0.3 is 14.2 Å². The van der Waals surface area contributed by atoms with Gasteiger partial charge in [0.05, 0.1) is 28.3 Å². The van der Waals surface area contributed by atoms with Crippen LogP contribution in [0.2, 0.25) is 0 Å². The molecule has 0 unspecified atom stereocenters. The minimum atomic E-state index is -0.562. The molecule has 0 fully saturated rings. The summed E-state index contributed by atoms with van der Waals surface area (Å²) in [5.74, 6) is -0.251. The van der Waals surface area contributed by atoms with E-state index in [1.807, 2.05) is 54.5 Å². The van der Waals surface area contributed by atoms with E-state index in [0.717, 1.165) is 25.8 Å². The minimum Gasteiger partial charge on any atom is -0.473 e. The molecule has 1 aromatic heterocycles. The lowest BCUT2D eigenvalue weighted by atomic mass is 9.97. The van der Waals surface area contributed by atoms with Crippen molar-refractivity contribution in [2.75, 3.05) is 13.7 Å². The normalized spacial score (nSPS) is 13.7. The zero-order chi connectivity index (χ0) is 20.6. The van der Waals surface area contributed by atoms with Crippen LogP contribution >= 0.6 is 27.3 Å². The third kappa shape index (κ3) is 5.42. The van der Waals surface area contributed by atoms with E-state index >= 15 is 0 Å². The number of methoxy groups -OCH3 is 1. The van der Waals surface area contributed by atoms with E-state index < -0.39 is 17.1 Å². The topological polar surface area (TPSA) is 57.7 Å². The zero-order valence-electron chi connectivity index (χ0n) is 17.2. The Morgan fingerprint density at radius 2 is 1.89 bits per heavy atom. The van der Waals surface area contributed by atoms with Crippen molar-refractivity contribution in [3.8, 4) is 5.19 Å². The van der Waals surface area contributed by atoms with E-state index in [2.05, 4.69) is 20.9 Å². The van der Waals surface area contributed by atoms with E-state index in [0.29, 0.717) is 5.19 Å². The van der Waals surface area contributed by atoms with Crippen molar-refractivity contribution in [2.24, 2.45) is 5.41 Å². The summed E-state index contributed by atoms with van der Waals surface area (Å²) in [5.41, 5.74) is 1.89. The average molecular weight is 458 g/mol. The summed E-state index contributed by atoms with van der Waals surface area (Å²) in [6.07, 6.45) is -0.400. The molecule has 0 spiro atoms. The number of halogens is 1. The Labute approximate surface area is 173 Å². The number of ether oxygens (including phenoxy) is 3. The predicted octanol–water partition coefficient (Wildman–Crippen LogP) is 5.82. The first kappa shape index (κ1) is 22.1. The molecular formula is C20H28BrNO4S. The van der Waals surface area contributed by atoms with E-state index in [-0.39, 0.29) is 12.6 Å². The lowest BCUT2D eigenvalue weighted by Gasteiger charge is -2.30. The highest BCUT2D eigenvalue weighted by atomic mass is 79.9. The number of rotatable bonds is 5. The van der Waals surface area contributed by atoms with Gasteiger partial charge in [0.15, 0.2) is 0 Å². The predicted molar refractivity (Wildman–Crippen MR) is 113 cm³/mol. The lowest BCUT2D eigenvalue weighted by Crippen LogP contribution is -2.29. The fraction of sp³-hybridized carbons (Fsp3) is 0.600. The molecule has 2 rings (SSSR count). The summed E-state index contributed by atoms with van der Waals surface area (Å²) >= 11 is 5.19. The number of nitrogens with zero attached hydrogens (tertiary/aromatic N) is 1. The molecule has 1 heterocycles. The summed E-state index contributed by atoms with van der Waals surface area (Å²) in [6.45, 7) is 13.6. The average Bonchev–Trinajstić information content (AvgIpc) is 2.93. The van der Waals surface area contributed by atoms with Crippen molar-refractivity contribution in [3.63, 3.8) is 0 Å². The van der Waals surface area contributed by atoms with Crippen molar-refractivity contribution in [2.45, 2.75) is 60.2 Å².